The molecule has 1 atom stereocenters. The first kappa shape index (κ1) is 16.8. The number of urea groups is 1. The molecule has 1 unspecified atom stereocenters. The van der Waals surface area contributed by atoms with E-state index in [1.54, 1.807) is 11.0 Å². The van der Waals surface area contributed by atoms with Gasteiger partial charge in [-0.2, -0.15) is 0 Å². The van der Waals surface area contributed by atoms with Crippen molar-refractivity contribution in [2.75, 3.05) is 38.1 Å². The van der Waals surface area contributed by atoms with Crippen LogP contribution in [0.2, 0.25) is 0 Å². The highest BCUT2D eigenvalue weighted by molar-refractivity contribution is 5.97. The number of nitrogens with one attached hydrogen (secondary N) is 1. The highest BCUT2D eigenvalue weighted by Crippen LogP contribution is 2.17. The second kappa shape index (κ2) is 7.66. The number of nitrogens with zero attached hydrogens (tertiary/aromatic N) is 2. The Bertz CT molecular complexity index is 599. The first-order chi connectivity index (χ1) is 11.6. The van der Waals surface area contributed by atoms with Crippen molar-refractivity contribution in [1.29, 1.82) is 0 Å². The van der Waals surface area contributed by atoms with Crippen LogP contribution in [-0.2, 0) is 4.74 Å². The summed E-state index contributed by atoms with van der Waals surface area (Å²) in [6.07, 6.45) is 3.38. The number of morpholine rings is 1. The molecule has 0 spiro atoms. The Hall–Kier alpha value is -2.08. The average Bonchev–Trinajstić information content (AvgIpc) is 2.62. The highest BCUT2D eigenvalue weighted by Gasteiger charge is 2.22. The minimum absolute atomic E-state index is 0.0470. The first-order valence-electron chi connectivity index (χ1n) is 8.70. The lowest BCUT2D eigenvalue weighted by molar-refractivity contribution is -0.00138. The Kier molecular flexibility index (Phi) is 5.35. The summed E-state index contributed by atoms with van der Waals surface area (Å²) in [6.45, 7) is 5.32. The lowest BCUT2D eigenvalue weighted by Gasteiger charge is -2.31. The van der Waals surface area contributed by atoms with Crippen LogP contribution in [0.15, 0.2) is 24.3 Å². The van der Waals surface area contributed by atoms with Crippen molar-refractivity contribution in [2.24, 2.45) is 0 Å². The van der Waals surface area contributed by atoms with E-state index in [0.717, 1.165) is 25.9 Å². The van der Waals surface area contributed by atoms with Crippen molar-refractivity contribution in [2.45, 2.75) is 32.3 Å². The standard InChI is InChI=1S/C18H25N3O3/c1-14-13-21(10-11-24-14)18(23)19-16-7-5-6-15(12-16)17(22)20-8-3-2-4-9-20/h5-7,12,14H,2-4,8-11,13H2,1H3,(H,19,23). The highest BCUT2D eigenvalue weighted by atomic mass is 16.5. The maximum Gasteiger partial charge on any atom is 0.322 e. The van der Waals surface area contributed by atoms with Crippen LogP contribution in [0.3, 0.4) is 0 Å². The summed E-state index contributed by atoms with van der Waals surface area (Å²) in [7, 11) is 0. The van der Waals surface area contributed by atoms with Crippen LogP contribution in [0.4, 0.5) is 10.5 Å². The molecule has 3 amide bonds. The summed E-state index contributed by atoms with van der Waals surface area (Å²) >= 11 is 0. The zero-order chi connectivity index (χ0) is 16.9. The molecule has 130 valence electrons. The Morgan fingerprint density at radius 3 is 2.67 bits per heavy atom. The van der Waals surface area contributed by atoms with E-state index >= 15 is 0 Å². The third-order valence-corrected chi connectivity index (χ3v) is 4.53. The molecule has 0 aliphatic carbocycles. The summed E-state index contributed by atoms with van der Waals surface area (Å²) < 4.78 is 5.45. The van der Waals surface area contributed by atoms with Crippen molar-refractivity contribution in [3.63, 3.8) is 0 Å². The van der Waals surface area contributed by atoms with Crippen LogP contribution >= 0.6 is 0 Å². The van der Waals surface area contributed by atoms with Gasteiger partial charge in [0.2, 0.25) is 0 Å². The minimum atomic E-state index is -0.146. The van der Waals surface area contributed by atoms with E-state index < -0.39 is 0 Å². The molecule has 2 heterocycles. The van der Waals surface area contributed by atoms with Gasteiger partial charge in [0.25, 0.3) is 5.91 Å². The van der Waals surface area contributed by atoms with E-state index in [1.807, 2.05) is 30.0 Å². The molecule has 24 heavy (non-hydrogen) atoms. The van der Waals surface area contributed by atoms with Crippen LogP contribution in [-0.4, -0.2) is 60.6 Å². The van der Waals surface area contributed by atoms with Gasteiger partial charge >= 0.3 is 6.03 Å². The number of rotatable bonds is 2. The van der Waals surface area contributed by atoms with E-state index in [2.05, 4.69) is 5.32 Å². The van der Waals surface area contributed by atoms with Crippen molar-refractivity contribution >= 4 is 17.6 Å². The third kappa shape index (κ3) is 4.06. The maximum absolute atomic E-state index is 12.6. The summed E-state index contributed by atoms with van der Waals surface area (Å²) in [4.78, 5) is 28.6. The predicted molar refractivity (Wildman–Crippen MR) is 92.2 cm³/mol. The summed E-state index contributed by atoms with van der Waals surface area (Å²) in [5.41, 5.74) is 1.28. The van der Waals surface area contributed by atoms with Crippen molar-refractivity contribution in [3.8, 4) is 0 Å². The SMILES string of the molecule is CC1CN(C(=O)Nc2cccc(C(=O)N3CCCCC3)c2)CCO1. The maximum atomic E-state index is 12.6. The van der Waals surface area contributed by atoms with Gasteiger partial charge in [-0.1, -0.05) is 6.07 Å². The van der Waals surface area contributed by atoms with Crippen LogP contribution in [0.25, 0.3) is 0 Å². The van der Waals surface area contributed by atoms with Crippen LogP contribution in [0.5, 0.6) is 0 Å². The Balaban J connectivity index is 1.64. The van der Waals surface area contributed by atoms with Crippen LogP contribution in [0.1, 0.15) is 36.5 Å². The second-order valence-corrected chi connectivity index (χ2v) is 6.49. The van der Waals surface area contributed by atoms with E-state index in [-0.39, 0.29) is 18.0 Å². The van der Waals surface area contributed by atoms with Gasteiger partial charge in [-0.15, -0.1) is 0 Å². The quantitative estimate of drug-likeness (QED) is 0.906. The van der Waals surface area contributed by atoms with Gasteiger partial charge in [-0.3, -0.25) is 4.79 Å². The third-order valence-electron chi connectivity index (χ3n) is 4.53. The fourth-order valence-corrected chi connectivity index (χ4v) is 3.21. The van der Waals surface area contributed by atoms with Crippen LogP contribution in [0, 0.1) is 0 Å². The lowest BCUT2D eigenvalue weighted by atomic mass is 10.1. The monoisotopic (exact) mass is 331 g/mol. The number of hydrogen-bond donors (Lipinski definition) is 1. The lowest BCUT2D eigenvalue weighted by Crippen LogP contribution is -2.46. The molecule has 1 aromatic carbocycles. The Labute approximate surface area is 142 Å². The molecule has 6 heteroatoms. The molecule has 6 nitrogen and oxygen atoms in total. The molecule has 2 fully saturated rings. The molecular weight excluding hydrogens is 306 g/mol. The molecule has 2 aliphatic rings. The zero-order valence-corrected chi connectivity index (χ0v) is 14.2. The number of ether oxygens (including phenoxy) is 1. The van der Waals surface area contributed by atoms with E-state index in [0.29, 0.717) is 30.9 Å². The number of piperidine rings is 1. The van der Waals surface area contributed by atoms with Gasteiger partial charge < -0.3 is 19.9 Å². The van der Waals surface area contributed by atoms with Gasteiger partial charge in [0, 0.05) is 37.4 Å². The van der Waals surface area contributed by atoms with E-state index in [1.165, 1.54) is 6.42 Å². The van der Waals surface area contributed by atoms with Crippen molar-refractivity contribution < 1.29 is 14.3 Å². The molecule has 2 saturated heterocycles. The summed E-state index contributed by atoms with van der Waals surface area (Å²) in [6, 6.07) is 7.05. The fraction of sp³-hybridized carbons (Fsp3) is 0.556. The van der Waals surface area contributed by atoms with E-state index in [4.69, 9.17) is 4.74 Å². The largest absolute Gasteiger partial charge is 0.375 e. The summed E-state index contributed by atoms with van der Waals surface area (Å²) in [5.74, 6) is 0.0470. The Morgan fingerprint density at radius 2 is 1.92 bits per heavy atom. The van der Waals surface area contributed by atoms with Gasteiger partial charge in [0.15, 0.2) is 0 Å². The number of carbonyl (C=O) groups excluding carboxylic acids is 2. The number of hydrogen-bond acceptors (Lipinski definition) is 3. The molecule has 1 N–H and O–H groups in total. The summed E-state index contributed by atoms with van der Waals surface area (Å²) in [5, 5.41) is 2.89. The topological polar surface area (TPSA) is 61.9 Å². The van der Waals surface area contributed by atoms with Gasteiger partial charge in [-0.05, 0) is 44.4 Å². The smallest absolute Gasteiger partial charge is 0.322 e. The van der Waals surface area contributed by atoms with Gasteiger partial charge in [0.05, 0.1) is 12.7 Å². The number of amides is 3. The molecule has 0 saturated carbocycles. The number of anilines is 1. The zero-order valence-electron chi connectivity index (χ0n) is 14.2. The van der Waals surface area contributed by atoms with Crippen molar-refractivity contribution in [1.82, 2.24) is 9.80 Å². The predicted octanol–water partition coefficient (Wildman–Crippen LogP) is 2.57. The van der Waals surface area contributed by atoms with Gasteiger partial charge in [-0.25, -0.2) is 4.79 Å². The molecule has 3 rings (SSSR count). The first-order valence-corrected chi connectivity index (χ1v) is 8.70. The van der Waals surface area contributed by atoms with E-state index in [9.17, 15) is 9.59 Å². The normalized spacial score (nSPS) is 21.5. The van der Waals surface area contributed by atoms with Crippen LogP contribution < -0.4 is 5.32 Å². The fourth-order valence-electron chi connectivity index (χ4n) is 3.21. The molecular formula is C18H25N3O3. The number of carbonyl (C=O) groups is 2. The molecule has 0 aromatic heterocycles. The van der Waals surface area contributed by atoms with Crippen molar-refractivity contribution in [3.05, 3.63) is 29.8 Å². The molecule has 0 radical (unpaired) electrons. The average molecular weight is 331 g/mol. The number of benzene rings is 1. The number of likely N-dealkylation sites (tertiary alicyclic amines) is 1. The Morgan fingerprint density at radius 1 is 1.12 bits per heavy atom. The molecule has 1 aromatic rings. The minimum Gasteiger partial charge on any atom is -0.375 e. The van der Waals surface area contributed by atoms with Gasteiger partial charge in [0.1, 0.15) is 0 Å². The molecule has 2 aliphatic heterocycles. The second-order valence-electron chi connectivity index (χ2n) is 6.49. The molecule has 0 bridgehead atoms.